The fourth-order valence-electron chi connectivity index (χ4n) is 0.470. The highest BCUT2D eigenvalue weighted by Crippen LogP contribution is 2.08. The minimum absolute atomic E-state index is 1.11. The van der Waals surface area contributed by atoms with E-state index in [2.05, 4.69) is 32.6 Å². The summed E-state index contributed by atoms with van der Waals surface area (Å²) in [6, 6.07) is 0. The van der Waals surface area contributed by atoms with Gasteiger partial charge in [0.25, 0.3) is 0 Å². The molecule has 0 rings (SSSR count). The van der Waals surface area contributed by atoms with Gasteiger partial charge in [-0.2, -0.15) is 11.8 Å². The Hall–Kier alpha value is -0.170. The van der Waals surface area contributed by atoms with Gasteiger partial charge in [0.2, 0.25) is 0 Å². The molecule has 0 aliphatic carbocycles. The van der Waals surface area contributed by atoms with E-state index in [1.54, 1.807) is 0 Å². The minimum Gasteiger partial charge on any atom is -0.153 e. The Morgan fingerprint density at radius 1 is 1.60 bits per heavy atom. The molecule has 0 aromatic carbocycles. The molecule has 0 atom stereocenters. The second-order valence-electron chi connectivity index (χ2n) is 2.19. The Morgan fingerprint density at radius 2 is 2.30 bits per heavy atom. The summed E-state index contributed by atoms with van der Waals surface area (Å²) < 4.78 is 0. The van der Waals surface area contributed by atoms with Gasteiger partial charge in [0.1, 0.15) is 0 Å². The second kappa shape index (κ2) is 6.94. The molecule has 0 N–H and O–H groups in total. The van der Waals surface area contributed by atoms with Crippen molar-refractivity contribution in [2.75, 3.05) is 11.5 Å². The molecule has 0 aromatic heterocycles. The van der Waals surface area contributed by atoms with E-state index >= 15 is 0 Å². The summed E-state index contributed by atoms with van der Waals surface area (Å²) >= 11 is 1.92. The normalized spacial score (nSPS) is 10.6. The van der Waals surface area contributed by atoms with E-state index in [4.69, 9.17) is 0 Å². The van der Waals surface area contributed by atoms with Crippen molar-refractivity contribution < 1.29 is 0 Å². The molecule has 1 heteroatoms. The molecule has 0 aliphatic heterocycles. The van der Waals surface area contributed by atoms with Crippen LogP contribution in [-0.4, -0.2) is 11.5 Å². The first-order valence-corrected chi connectivity index (χ1v) is 4.82. The van der Waals surface area contributed by atoms with Gasteiger partial charge in [0.15, 0.2) is 0 Å². The SMILES string of the molecule is C=C(CC)CSC/C=C/C. The molecule has 58 valence electrons. The highest BCUT2D eigenvalue weighted by molar-refractivity contribution is 7.99. The van der Waals surface area contributed by atoms with Gasteiger partial charge < -0.3 is 0 Å². The molecule has 0 aromatic rings. The van der Waals surface area contributed by atoms with Gasteiger partial charge in [-0.05, 0) is 13.3 Å². The molecule has 0 unspecified atom stereocenters. The summed E-state index contributed by atoms with van der Waals surface area (Å²) in [6.07, 6.45) is 5.37. The van der Waals surface area contributed by atoms with Crippen LogP contribution in [0, 0.1) is 0 Å². The highest BCUT2D eigenvalue weighted by atomic mass is 32.2. The summed E-state index contributed by atoms with van der Waals surface area (Å²) in [4.78, 5) is 0. The lowest BCUT2D eigenvalue weighted by Crippen LogP contribution is -1.83. The first-order chi connectivity index (χ1) is 4.81. The Bertz CT molecular complexity index is 114. The average molecular weight is 156 g/mol. The molecule has 0 aliphatic rings. The molecule has 0 bridgehead atoms. The predicted octanol–water partition coefficient (Wildman–Crippen LogP) is 3.26. The third kappa shape index (κ3) is 5.96. The molecular weight excluding hydrogens is 140 g/mol. The smallest absolute Gasteiger partial charge is 0.0143 e. The van der Waals surface area contributed by atoms with Gasteiger partial charge >= 0.3 is 0 Å². The standard InChI is InChI=1S/C9H16S/c1-4-6-7-10-8-9(3)5-2/h4,6H,3,5,7-8H2,1-2H3/b6-4+. The summed E-state index contributed by atoms with van der Waals surface area (Å²) in [5, 5.41) is 0. The molecule has 0 saturated heterocycles. The van der Waals surface area contributed by atoms with Crippen LogP contribution in [0.1, 0.15) is 20.3 Å². The fourth-order valence-corrected chi connectivity index (χ4v) is 1.41. The van der Waals surface area contributed by atoms with E-state index < -0.39 is 0 Å². The van der Waals surface area contributed by atoms with Gasteiger partial charge in [-0.25, -0.2) is 0 Å². The van der Waals surface area contributed by atoms with Crippen molar-refractivity contribution in [2.24, 2.45) is 0 Å². The van der Waals surface area contributed by atoms with E-state index in [0.717, 1.165) is 17.9 Å². The van der Waals surface area contributed by atoms with Crippen molar-refractivity contribution in [1.82, 2.24) is 0 Å². The zero-order valence-electron chi connectivity index (χ0n) is 6.89. The van der Waals surface area contributed by atoms with Crippen molar-refractivity contribution in [3.8, 4) is 0 Å². The Balaban J connectivity index is 3.11. The maximum Gasteiger partial charge on any atom is 0.0143 e. The van der Waals surface area contributed by atoms with E-state index in [0.29, 0.717) is 0 Å². The van der Waals surface area contributed by atoms with E-state index in [1.165, 1.54) is 5.57 Å². The zero-order valence-corrected chi connectivity index (χ0v) is 7.71. The number of allylic oxidation sites excluding steroid dienone is 1. The molecule has 0 heterocycles. The van der Waals surface area contributed by atoms with Gasteiger partial charge in [0.05, 0.1) is 0 Å². The number of thioether (sulfide) groups is 1. The van der Waals surface area contributed by atoms with Crippen LogP contribution in [0.4, 0.5) is 0 Å². The molecule has 0 radical (unpaired) electrons. The quantitative estimate of drug-likeness (QED) is 0.435. The van der Waals surface area contributed by atoms with Crippen LogP contribution in [0.5, 0.6) is 0 Å². The van der Waals surface area contributed by atoms with Gasteiger partial charge in [-0.3, -0.25) is 0 Å². The molecule has 0 amide bonds. The van der Waals surface area contributed by atoms with Crippen molar-refractivity contribution in [3.05, 3.63) is 24.3 Å². The monoisotopic (exact) mass is 156 g/mol. The van der Waals surface area contributed by atoms with Crippen LogP contribution in [0.25, 0.3) is 0 Å². The summed E-state index contributed by atoms with van der Waals surface area (Å²) in [5.41, 5.74) is 1.34. The lowest BCUT2D eigenvalue weighted by molar-refractivity contribution is 1.12. The molecule has 0 fully saturated rings. The van der Waals surface area contributed by atoms with E-state index in [9.17, 15) is 0 Å². The van der Waals surface area contributed by atoms with Crippen molar-refractivity contribution in [3.63, 3.8) is 0 Å². The molecule has 10 heavy (non-hydrogen) atoms. The first-order valence-electron chi connectivity index (χ1n) is 3.66. The predicted molar refractivity (Wildman–Crippen MR) is 51.6 cm³/mol. The lowest BCUT2D eigenvalue weighted by atomic mass is 10.3. The van der Waals surface area contributed by atoms with Crippen molar-refractivity contribution in [1.29, 1.82) is 0 Å². The van der Waals surface area contributed by atoms with Crippen molar-refractivity contribution in [2.45, 2.75) is 20.3 Å². The largest absolute Gasteiger partial charge is 0.153 e. The summed E-state index contributed by atoms with van der Waals surface area (Å²) in [7, 11) is 0. The molecule has 0 nitrogen and oxygen atoms in total. The second-order valence-corrected chi connectivity index (χ2v) is 3.22. The van der Waals surface area contributed by atoms with Gasteiger partial charge in [-0.15, -0.1) is 0 Å². The van der Waals surface area contributed by atoms with Crippen LogP contribution in [0.2, 0.25) is 0 Å². The number of rotatable bonds is 5. The maximum atomic E-state index is 3.93. The number of hydrogen-bond donors (Lipinski definition) is 0. The van der Waals surface area contributed by atoms with Gasteiger partial charge in [-0.1, -0.05) is 31.2 Å². The van der Waals surface area contributed by atoms with Crippen LogP contribution in [0.3, 0.4) is 0 Å². The minimum atomic E-state index is 1.11. The fraction of sp³-hybridized carbons (Fsp3) is 0.556. The maximum absolute atomic E-state index is 3.93. The van der Waals surface area contributed by atoms with Crippen LogP contribution in [0.15, 0.2) is 24.3 Å². The summed E-state index contributed by atoms with van der Waals surface area (Å²) in [6.45, 7) is 8.13. The average Bonchev–Trinajstić information content (AvgIpc) is 1.98. The summed E-state index contributed by atoms with van der Waals surface area (Å²) in [5.74, 6) is 2.23. The van der Waals surface area contributed by atoms with Crippen LogP contribution >= 0.6 is 11.8 Å². The topological polar surface area (TPSA) is 0 Å². The van der Waals surface area contributed by atoms with Crippen LogP contribution < -0.4 is 0 Å². The third-order valence-corrected chi connectivity index (χ3v) is 2.30. The van der Waals surface area contributed by atoms with Crippen LogP contribution in [-0.2, 0) is 0 Å². The Kier molecular flexibility index (Phi) is 6.83. The van der Waals surface area contributed by atoms with E-state index in [1.807, 2.05) is 11.8 Å². The molecule has 0 spiro atoms. The first kappa shape index (κ1) is 9.83. The number of hydrogen-bond acceptors (Lipinski definition) is 1. The van der Waals surface area contributed by atoms with Gasteiger partial charge in [0, 0.05) is 11.5 Å². The molecular formula is C9H16S. The third-order valence-electron chi connectivity index (χ3n) is 1.26. The Labute approximate surface area is 68.4 Å². The molecule has 0 saturated carbocycles. The lowest BCUT2D eigenvalue weighted by Gasteiger charge is -1.98. The van der Waals surface area contributed by atoms with E-state index in [-0.39, 0.29) is 0 Å². The Morgan fingerprint density at radius 3 is 2.80 bits per heavy atom. The highest BCUT2D eigenvalue weighted by Gasteiger charge is 1.88. The van der Waals surface area contributed by atoms with Crippen molar-refractivity contribution >= 4 is 11.8 Å². The zero-order chi connectivity index (χ0) is 7.82.